The van der Waals surface area contributed by atoms with Gasteiger partial charge in [-0.1, -0.05) is 18.2 Å². The van der Waals surface area contributed by atoms with Gasteiger partial charge in [-0.3, -0.25) is 14.6 Å². The minimum atomic E-state index is -0.619. The summed E-state index contributed by atoms with van der Waals surface area (Å²) in [6.07, 6.45) is 5.73. The second-order valence-electron chi connectivity index (χ2n) is 7.66. The molecule has 3 rings (SSSR count). The van der Waals surface area contributed by atoms with E-state index in [-0.39, 0.29) is 12.6 Å². The summed E-state index contributed by atoms with van der Waals surface area (Å²) >= 11 is 0. The van der Waals surface area contributed by atoms with Crippen LogP contribution >= 0.6 is 0 Å². The number of rotatable bonds is 7. The van der Waals surface area contributed by atoms with Crippen LogP contribution in [0.2, 0.25) is 0 Å². The van der Waals surface area contributed by atoms with Gasteiger partial charge in [0, 0.05) is 57.1 Å². The van der Waals surface area contributed by atoms with Crippen LogP contribution in [0, 0.1) is 0 Å². The van der Waals surface area contributed by atoms with Crippen LogP contribution in [0.1, 0.15) is 30.0 Å². The van der Waals surface area contributed by atoms with Crippen molar-refractivity contribution in [3.63, 3.8) is 0 Å². The maximum absolute atomic E-state index is 12.3. The van der Waals surface area contributed by atoms with Crippen LogP contribution in [0.3, 0.4) is 0 Å². The van der Waals surface area contributed by atoms with E-state index in [2.05, 4.69) is 44.8 Å². The van der Waals surface area contributed by atoms with E-state index in [0.29, 0.717) is 6.54 Å². The molecule has 1 fully saturated rings. The molecule has 2 aromatic rings. The molecule has 1 aromatic heterocycles. The van der Waals surface area contributed by atoms with Crippen molar-refractivity contribution in [1.82, 2.24) is 15.6 Å². The highest BCUT2D eigenvalue weighted by molar-refractivity contribution is 6.35. The highest BCUT2D eigenvalue weighted by Gasteiger charge is 2.28. The van der Waals surface area contributed by atoms with Crippen LogP contribution in [0.15, 0.2) is 48.8 Å². The van der Waals surface area contributed by atoms with Crippen LogP contribution in [0.4, 0.5) is 5.69 Å². The largest absolute Gasteiger partial charge is 0.378 e. The van der Waals surface area contributed by atoms with Gasteiger partial charge in [-0.25, -0.2) is 0 Å². The van der Waals surface area contributed by atoms with E-state index in [9.17, 15) is 9.59 Å². The van der Waals surface area contributed by atoms with Crippen LogP contribution < -0.4 is 20.4 Å². The topological polar surface area (TPSA) is 78.8 Å². The summed E-state index contributed by atoms with van der Waals surface area (Å²) in [4.78, 5) is 32.0. The van der Waals surface area contributed by atoms with Gasteiger partial charge in [0.1, 0.15) is 6.04 Å². The Balaban J connectivity index is 1.59. The number of anilines is 1. The van der Waals surface area contributed by atoms with Crippen molar-refractivity contribution in [3.05, 3.63) is 59.9 Å². The first-order valence-electron chi connectivity index (χ1n) is 10.1. The lowest BCUT2D eigenvalue weighted by atomic mass is 10.0. The molecule has 2 heterocycles. The molecule has 7 heteroatoms. The van der Waals surface area contributed by atoms with E-state index in [0.717, 1.165) is 24.3 Å². The first-order valence-corrected chi connectivity index (χ1v) is 10.1. The van der Waals surface area contributed by atoms with Gasteiger partial charge in [0.15, 0.2) is 0 Å². The van der Waals surface area contributed by atoms with Crippen LogP contribution in [0.25, 0.3) is 0 Å². The van der Waals surface area contributed by atoms with Gasteiger partial charge in [-0.05, 0) is 23.8 Å². The Labute approximate surface area is 172 Å². The molecule has 0 spiro atoms. The van der Waals surface area contributed by atoms with Crippen molar-refractivity contribution in [2.75, 3.05) is 38.6 Å². The molecule has 3 N–H and O–H groups in total. The quantitative estimate of drug-likeness (QED) is 0.589. The Hall–Kier alpha value is -2.93. The Bertz CT molecular complexity index is 802. The number of hydrogen-bond acceptors (Lipinski definition) is 4. The molecule has 0 aliphatic carbocycles. The normalized spacial score (nSPS) is 15.0. The fourth-order valence-corrected chi connectivity index (χ4v) is 3.72. The Morgan fingerprint density at radius 2 is 1.76 bits per heavy atom. The number of nitrogens with zero attached hydrogens (tertiary/aromatic N) is 2. The zero-order chi connectivity index (χ0) is 20.6. The number of amides is 2. The lowest BCUT2D eigenvalue weighted by Crippen LogP contribution is -3.11. The predicted molar refractivity (Wildman–Crippen MR) is 113 cm³/mol. The number of likely N-dealkylation sites (tertiary alicyclic amines) is 1. The monoisotopic (exact) mass is 396 g/mol. The standard InChI is InChI=1S/C22H29N5O2/c1-26(2)19-9-7-18(8-10-19)20(27-12-3-4-13-27)16-25-22(29)21(28)24-15-17-6-5-11-23-14-17/h5-11,14,20H,3-4,12-13,15-16H2,1-2H3,(H,24,28)(H,25,29)/p+1/t20-/m1/s1. The second-order valence-corrected chi connectivity index (χ2v) is 7.66. The van der Waals surface area contributed by atoms with Gasteiger partial charge in [-0.15, -0.1) is 0 Å². The number of nitrogens with one attached hydrogen (secondary N) is 3. The minimum absolute atomic E-state index is 0.142. The van der Waals surface area contributed by atoms with E-state index in [1.807, 2.05) is 20.2 Å². The van der Waals surface area contributed by atoms with E-state index >= 15 is 0 Å². The Kier molecular flexibility index (Phi) is 7.19. The lowest BCUT2D eigenvalue weighted by Gasteiger charge is -2.25. The van der Waals surface area contributed by atoms with Crippen molar-refractivity contribution in [3.8, 4) is 0 Å². The fraction of sp³-hybridized carbons (Fsp3) is 0.409. The Morgan fingerprint density at radius 1 is 1.07 bits per heavy atom. The average molecular weight is 397 g/mol. The van der Waals surface area contributed by atoms with Gasteiger partial charge in [0.05, 0.1) is 19.6 Å². The molecule has 29 heavy (non-hydrogen) atoms. The minimum Gasteiger partial charge on any atom is -0.378 e. The highest BCUT2D eigenvalue weighted by atomic mass is 16.2. The van der Waals surface area contributed by atoms with Gasteiger partial charge in [0.2, 0.25) is 0 Å². The van der Waals surface area contributed by atoms with Gasteiger partial charge < -0.3 is 20.4 Å². The molecule has 0 unspecified atom stereocenters. The van der Waals surface area contributed by atoms with E-state index in [1.165, 1.54) is 23.3 Å². The molecule has 1 aromatic carbocycles. The molecule has 1 saturated heterocycles. The first-order chi connectivity index (χ1) is 14.0. The summed E-state index contributed by atoms with van der Waals surface area (Å²) in [5, 5.41) is 5.48. The Morgan fingerprint density at radius 3 is 2.38 bits per heavy atom. The van der Waals surface area contributed by atoms with Crippen molar-refractivity contribution in [1.29, 1.82) is 0 Å². The van der Waals surface area contributed by atoms with Crippen molar-refractivity contribution < 1.29 is 14.5 Å². The van der Waals surface area contributed by atoms with Crippen LogP contribution in [-0.2, 0) is 16.1 Å². The second kappa shape index (κ2) is 10.0. The summed E-state index contributed by atoms with van der Waals surface area (Å²) < 4.78 is 0. The smallest absolute Gasteiger partial charge is 0.309 e. The zero-order valence-electron chi connectivity index (χ0n) is 17.1. The number of pyridine rings is 1. The molecule has 7 nitrogen and oxygen atoms in total. The molecule has 1 aliphatic heterocycles. The van der Waals surface area contributed by atoms with Crippen molar-refractivity contribution >= 4 is 17.5 Å². The molecule has 1 aliphatic rings. The SMILES string of the molecule is CN(C)c1ccc([C@@H](CNC(=O)C(=O)NCc2cccnc2)[NH+]2CCCC2)cc1. The molecule has 1 atom stereocenters. The number of quaternary nitrogens is 1. The zero-order valence-corrected chi connectivity index (χ0v) is 17.1. The summed E-state index contributed by atoms with van der Waals surface area (Å²) in [5.41, 5.74) is 3.18. The number of hydrogen-bond donors (Lipinski definition) is 3. The van der Waals surface area contributed by atoms with Gasteiger partial charge in [0.25, 0.3) is 0 Å². The first kappa shape index (κ1) is 20.8. The van der Waals surface area contributed by atoms with Crippen molar-refractivity contribution in [2.45, 2.75) is 25.4 Å². The molecule has 0 saturated carbocycles. The summed E-state index contributed by atoms with van der Waals surface area (Å²) in [5.74, 6) is -1.21. The summed E-state index contributed by atoms with van der Waals surface area (Å²) in [7, 11) is 4.03. The molecule has 2 amide bonds. The molecule has 0 bridgehead atoms. The number of carbonyl (C=O) groups excluding carboxylic acids is 2. The average Bonchev–Trinajstić information content (AvgIpc) is 3.27. The third-order valence-corrected chi connectivity index (χ3v) is 5.40. The number of aromatic nitrogens is 1. The fourth-order valence-electron chi connectivity index (χ4n) is 3.72. The maximum Gasteiger partial charge on any atom is 0.309 e. The third kappa shape index (κ3) is 5.77. The molecular formula is C22H30N5O2+. The third-order valence-electron chi connectivity index (χ3n) is 5.40. The molecule has 0 radical (unpaired) electrons. The highest BCUT2D eigenvalue weighted by Crippen LogP contribution is 2.17. The van der Waals surface area contributed by atoms with Gasteiger partial charge in [-0.2, -0.15) is 0 Å². The molecular weight excluding hydrogens is 366 g/mol. The summed E-state index contributed by atoms with van der Waals surface area (Å²) in [6.45, 7) is 2.90. The van der Waals surface area contributed by atoms with Crippen LogP contribution in [-0.4, -0.2) is 50.5 Å². The number of carbonyl (C=O) groups is 2. The summed E-state index contributed by atoms with van der Waals surface area (Å²) in [6, 6.07) is 12.2. The van der Waals surface area contributed by atoms with E-state index in [1.54, 1.807) is 18.5 Å². The van der Waals surface area contributed by atoms with Gasteiger partial charge >= 0.3 is 11.8 Å². The number of benzene rings is 1. The molecule has 154 valence electrons. The maximum atomic E-state index is 12.3. The lowest BCUT2D eigenvalue weighted by molar-refractivity contribution is -0.918. The van der Waals surface area contributed by atoms with Crippen LogP contribution in [0.5, 0.6) is 0 Å². The van der Waals surface area contributed by atoms with Crippen molar-refractivity contribution in [2.24, 2.45) is 0 Å². The predicted octanol–water partition coefficient (Wildman–Crippen LogP) is 0.300. The van der Waals surface area contributed by atoms with E-state index < -0.39 is 11.8 Å². The van der Waals surface area contributed by atoms with E-state index in [4.69, 9.17) is 0 Å².